The molecular formula is C8H14N2O. The highest BCUT2D eigenvalue weighted by Crippen LogP contribution is 2.07. The summed E-state index contributed by atoms with van der Waals surface area (Å²) in [5, 5.41) is 0. The van der Waals surface area contributed by atoms with Crippen LogP contribution in [-0.2, 0) is 4.79 Å². The zero-order chi connectivity index (χ0) is 7.94. The molecule has 0 aromatic carbocycles. The molecule has 11 heavy (non-hydrogen) atoms. The van der Waals surface area contributed by atoms with Crippen LogP contribution in [0.3, 0.4) is 0 Å². The van der Waals surface area contributed by atoms with E-state index in [9.17, 15) is 4.79 Å². The summed E-state index contributed by atoms with van der Waals surface area (Å²) >= 11 is 0. The van der Waals surface area contributed by atoms with Crippen molar-refractivity contribution in [3.8, 4) is 0 Å². The molecule has 1 fully saturated rings. The van der Waals surface area contributed by atoms with Gasteiger partial charge < -0.3 is 4.90 Å². The van der Waals surface area contributed by atoms with Gasteiger partial charge in [-0.1, -0.05) is 6.42 Å². The molecule has 0 radical (unpaired) electrons. The van der Waals surface area contributed by atoms with Crippen LogP contribution in [0.25, 0.3) is 0 Å². The van der Waals surface area contributed by atoms with Gasteiger partial charge in [0.25, 0.3) is 0 Å². The molecule has 0 saturated carbocycles. The number of carbonyl (C=O) groups excluding carboxylic acids is 1. The molecule has 0 N–H and O–H groups in total. The molecule has 1 rings (SSSR count). The van der Waals surface area contributed by atoms with Crippen molar-refractivity contribution >= 4 is 6.08 Å². The van der Waals surface area contributed by atoms with Gasteiger partial charge in [0.1, 0.15) is 0 Å². The minimum Gasteiger partial charge on any atom is -0.301 e. The van der Waals surface area contributed by atoms with Crippen LogP contribution in [0, 0.1) is 0 Å². The fourth-order valence-corrected chi connectivity index (χ4v) is 1.42. The van der Waals surface area contributed by atoms with Gasteiger partial charge in [-0.3, -0.25) is 0 Å². The molecule has 0 bridgehead atoms. The maximum atomic E-state index is 9.74. The predicted octanol–water partition coefficient (Wildman–Crippen LogP) is 0.808. The third-order valence-corrected chi connectivity index (χ3v) is 2.04. The molecule has 0 aromatic heterocycles. The van der Waals surface area contributed by atoms with Crippen LogP contribution >= 0.6 is 0 Å². The van der Waals surface area contributed by atoms with E-state index in [1.165, 1.54) is 32.4 Å². The Hall–Kier alpha value is -0.660. The Morgan fingerprint density at radius 2 is 2.00 bits per heavy atom. The number of isocyanates is 1. The maximum absolute atomic E-state index is 9.74. The minimum absolute atomic E-state index is 0.615. The Kier molecular flexibility index (Phi) is 3.87. The number of hydrogen-bond donors (Lipinski definition) is 0. The van der Waals surface area contributed by atoms with Crippen molar-refractivity contribution in [3.63, 3.8) is 0 Å². The number of hydrogen-bond acceptors (Lipinski definition) is 3. The molecule has 0 amide bonds. The highest BCUT2D eigenvalue weighted by molar-refractivity contribution is 5.32. The summed E-state index contributed by atoms with van der Waals surface area (Å²) in [6, 6.07) is 0. The van der Waals surface area contributed by atoms with Crippen molar-refractivity contribution in [1.29, 1.82) is 0 Å². The lowest BCUT2D eigenvalue weighted by atomic mass is 10.1. The summed E-state index contributed by atoms with van der Waals surface area (Å²) in [5.41, 5.74) is 0. The molecule has 3 heteroatoms. The highest BCUT2D eigenvalue weighted by atomic mass is 16.1. The summed E-state index contributed by atoms with van der Waals surface area (Å²) in [7, 11) is 0. The van der Waals surface area contributed by atoms with Gasteiger partial charge in [0.15, 0.2) is 0 Å². The standard InChI is InChI=1S/C8H14N2O/c11-8-9-4-7-10-5-2-1-3-6-10/h1-7H2. The Morgan fingerprint density at radius 3 is 2.64 bits per heavy atom. The first kappa shape index (κ1) is 8.44. The van der Waals surface area contributed by atoms with Crippen molar-refractivity contribution in [2.45, 2.75) is 19.3 Å². The first-order valence-electron chi connectivity index (χ1n) is 4.19. The number of piperidine rings is 1. The Labute approximate surface area is 67.1 Å². The average Bonchev–Trinajstić information content (AvgIpc) is 2.07. The van der Waals surface area contributed by atoms with Crippen LogP contribution in [0.2, 0.25) is 0 Å². The van der Waals surface area contributed by atoms with Crippen LogP contribution in [0.1, 0.15) is 19.3 Å². The van der Waals surface area contributed by atoms with Crippen molar-refractivity contribution in [2.24, 2.45) is 4.99 Å². The molecule has 1 aliphatic heterocycles. The quantitative estimate of drug-likeness (QED) is 0.445. The van der Waals surface area contributed by atoms with E-state index in [0.717, 1.165) is 6.54 Å². The zero-order valence-electron chi connectivity index (χ0n) is 6.75. The molecule has 1 heterocycles. The van der Waals surface area contributed by atoms with E-state index in [4.69, 9.17) is 0 Å². The molecule has 0 unspecified atom stereocenters. The van der Waals surface area contributed by atoms with E-state index >= 15 is 0 Å². The number of nitrogens with zero attached hydrogens (tertiary/aromatic N) is 2. The van der Waals surface area contributed by atoms with Gasteiger partial charge in [-0.05, 0) is 25.9 Å². The van der Waals surface area contributed by atoms with Crippen molar-refractivity contribution in [3.05, 3.63) is 0 Å². The Bertz CT molecular complexity index is 146. The molecule has 0 aromatic rings. The SMILES string of the molecule is O=C=NCCN1CCCCC1. The lowest BCUT2D eigenvalue weighted by Gasteiger charge is -2.25. The van der Waals surface area contributed by atoms with E-state index in [-0.39, 0.29) is 0 Å². The van der Waals surface area contributed by atoms with Gasteiger partial charge in [-0.15, -0.1) is 0 Å². The fraction of sp³-hybridized carbons (Fsp3) is 0.875. The monoisotopic (exact) mass is 154 g/mol. The van der Waals surface area contributed by atoms with Crippen LogP contribution in [0.5, 0.6) is 0 Å². The van der Waals surface area contributed by atoms with Crippen LogP contribution < -0.4 is 0 Å². The predicted molar refractivity (Wildman–Crippen MR) is 43.3 cm³/mol. The van der Waals surface area contributed by atoms with Crippen LogP contribution in [-0.4, -0.2) is 37.2 Å². The van der Waals surface area contributed by atoms with Crippen LogP contribution in [0.15, 0.2) is 4.99 Å². The van der Waals surface area contributed by atoms with Gasteiger partial charge in [0.05, 0.1) is 6.54 Å². The van der Waals surface area contributed by atoms with E-state index in [1.54, 1.807) is 6.08 Å². The third kappa shape index (κ3) is 3.30. The summed E-state index contributed by atoms with van der Waals surface area (Å²) in [6.07, 6.45) is 5.50. The maximum Gasteiger partial charge on any atom is 0.234 e. The Balaban J connectivity index is 2.09. The van der Waals surface area contributed by atoms with E-state index < -0.39 is 0 Å². The normalized spacial score (nSPS) is 19.3. The zero-order valence-corrected chi connectivity index (χ0v) is 6.75. The molecule has 0 aliphatic carbocycles. The largest absolute Gasteiger partial charge is 0.301 e. The summed E-state index contributed by atoms with van der Waals surface area (Å²) in [5.74, 6) is 0. The van der Waals surface area contributed by atoms with E-state index in [0.29, 0.717) is 6.54 Å². The second-order valence-electron chi connectivity index (χ2n) is 2.88. The van der Waals surface area contributed by atoms with Gasteiger partial charge in [0, 0.05) is 6.54 Å². The first-order chi connectivity index (χ1) is 5.43. The molecule has 0 spiro atoms. The lowest BCUT2D eigenvalue weighted by Crippen LogP contribution is -2.31. The average molecular weight is 154 g/mol. The number of likely N-dealkylation sites (tertiary alicyclic amines) is 1. The molecule has 1 aliphatic rings. The highest BCUT2D eigenvalue weighted by Gasteiger charge is 2.07. The Morgan fingerprint density at radius 1 is 1.27 bits per heavy atom. The molecular weight excluding hydrogens is 140 g/mol. The number of aliphatic imine (C=N–C) groups is 1. The van der Waals surface area contributed by atoms with Crippen molar-refractivity contribution in [1.82, 2.24) is 4.90 Å². The number of rotatable bonds is 3. The molecule has 62 valence electrons. The minimum atomic E-state index is 0.615. The van der Waals surface area contributed by atoms with Gasteiger partial charge in [-0.25, -0.2) is 9.79 Å². The molecule has 3 nitrogen and oxygen atoms in total. The smallest absolute Gasteiger partial charge is 0.234 e. The second kappa shape index (κ2) is 5.05. The molecule has 0 atom stereocenters. The van der Waals surface area contributed by atoms with Gasteiger partial charge in [0.2, 0.25) is 6.08 Å². The topological polar surface area (TPSA) is 32.7 Å². The van der Waals surface area contributed by atoms with E-state index in [2.05, 4.69) is 9.89 Å². The van der Waals surface area contributed by atoms with Crippen molar-refractivity contribution in [2.75, 3.05) is 26.2 Å². The van der Waals surface area contributed by atoms with Crippen molar-refractivity contribution < 1.29 is 4.79 Å². The second-order valence-corrected chi connectivity index (χ2v) is 2.88. The van der Waals surface area contributed by atoms with E-state index in [1.807, 2.05) is 0 Å². The van der Waals surface area contributed by atoms with Crippen LogP contribution in [0.4, 0.5) is 0 Å². The fourth-order valence-electron chi connectivity index (χ4n) is 1.42. The first-order valence-corrected chi connectivity index (χ1v) is 4.19. The van der Waals surface area contributed by atoms with Gasteiger partial charge in [-0.2, -0.15) is 0 Å². The summed E-state index contributed by atoms with van der Waals surface area (Å²) in [6.45, 7) is 3.89. The summed E-state index contributed by atoms with van der Waals surface area (Å²) < 4.78 is 0. The molecule has 1 saturated heterocycles. The van der Waals surface area contributed by atoms with Gasteiger partial charge >= 0.3 is 0 Å². The third-order valence-electron chi connectivity index (χ3n) is 2.04. The lowest BCUT2D eigenvalue weighted by molar-refractivity contribution is 0.235. The summed E-state index contributed by atoms with van der Waals surface area (Å²) in [4.78, 5) is 15.6.